The van der Waals surface area contributed by atoms with E-state index in [1.165, 1.54) is 12.3 Å². The van der Waals surface area contributed by atoms with Gasteiger partial charge in [0, 0.05) is 6.54 Å². The van der Waals surface area contributed by atoms with Crippen LogP contribution in [0.15, 0.2) is 47.1 Å². The highest BCUT2D eigenvalue weighted by Gasteiger charge is 2.51. The quantitative estimate of drug-likeness (QED) is 0.427. The van der Waals surface area contributed by atoms with E-state index in [4.69, 9.17) is 4.42 Å². The van der Waals surface area contributed by atoms with E-state index in [9.17, 15) is 14.4 Å². The highest BCUT2D eigenvalue weighted by molar-refractivity contribution is 6.43. The molecule has 2 unspecified atom stereocenters. The largest absolute Gasteiger partial charge is 0.461 e. The fourth-order valence-electron chi connectivity index (χ4n) is 3.49. The Hall–Kier alpha value is -2.73. The third kappa shape index (κ3) is 3.85. The van der Waals surface area contributed by atoms with Crippen molar-refractivity contribution >= 4 is 17.5 Å². The molecule has 1 aromatic carbocycles. The Morgan fingerprint density at radius 2 is 1.85 bits per heavy atom. The van der Waals surface area contributed by atoms with Gasteiger partial charge >= 0.3 is 0 Å². The summed E-state index contributed by atoms with van der Waals surface area (Å²) in [4.78, 5) is 41.9. The molecule has 27 heavy (non-hydrogen) atoms. The van der Waals surface area contributed by atoms with Crippen LogP contribution in [0.5, 0.6) is 0 Å². The number of aryl methyl sites for hydroxylation is 1. The molecule has 142 valence electrons. The molecule has 0 spiro atoms. The molecular formula is C21H24N2O4. The topological polar surface area (TPSA) is 70.8 Å². The van der Waals surface area contributed by atoms with Crippen molar-refractivity contribution in [1.29, 1.82) is 0 Å². The van der Waals surface area contributed by atoms with Crippen LogP contribution in [-0.4, -0.2) is 54.5 Å². The molecule has 1 saturated heterocycles. The summed E-state index contributed by atoms with van der Waals surface area (Å²) >= 11 is 0. The zero-order valence-corrected chi connectivity index (χ0v) is 15.8. The minimum atomic E-state index is -1.08. The second kappa shape index (κ2) is 7.88. The zero-order chi connectivity index (χ0) is 19.6. The van der Waals surface area contributed by atoms with Crippen molar-refractivity contribution in [1.82, 2.24) is 9.80 Å². The highest BCUT2D eigenvalue weighted by Crippen LogP contribution is 2.38. The van der Waals surface area contributed by atoms with Crippen LogP contribution in [0.4, 0.5) is 0 Å². The number of furan rings is 1. The van der Waals surface area contributed by atoms with E-state index in [1.54, 1.807) is 11.0 Å². The summed E-state index contributed by atoms with van der Waals surface area (Å²) < 4.78 is 5.20. The first-order valence-electron chi connectivity index (χ1n) is 9.04. The van der Waals surface area contributed by atoms with Crippen molar-refractivity contribution in [3.05, 3.63) is 59.5 Å². The maximum atomic E-state index is 12.9. The molecule has 3 rings (SSSR count). The summed E-state index contributed by atoms with van der Waals surface area (Å²) in [6, 6.07) is 10.1. The Bertz CT molecular complexity index is 824. The minimum Gasteiger partial charge on any atom is -0.461 e. The van der Waals surface area contributed by atoms with Crippen LogP contribution in [0.2, 0.25) is 0 Å². The predicted molar refractivity (Wildman–Crippen MR) is 100 cm³/mol. The van der Waals surface area contributed by atoms with Crippen LogP contribution in [0.3, 0.4) is 0 Å². The summed E-state index contributed by atoms with van der Waals surface area (Å²) in [7, 11) is 3.91. The molecule has 1 aromatic heterocycles. The van der Waals surface area contributed by atoms with Crippen LogP contribution in [0, 0.1) is 12.8 Å². The first-order chi connectivity index (χ1) is 12.9. The number of likely N-dealkylation sites (tertiary alicyclic amines) is 1. The van der Waals surface area contributed by atoms with Gasteiger partial charge in [-0.15, -0.1) is 0 Å². The zero-order valence-electron chi connectivity index (χ0n) is 15.8. The smallest absolute Gasteiger partial charge is 0.291 e. The van der Waals surface area contributed by atoms with Crippen LogP contribution in [0.1, 0.15) is 34.1 Å². The monoisotopic (exact) mass is 368 g/mol. The molecule has 1 fully saturated rings. The van der Waals surface area contributed by atoms with Crippen LogP contribution >= 0.6 is 0 Å². The number of hydrogen-bond donors (Lipinski definition) is 0. The Balaban J connectivity index is 1.96. The summed E-state index contributed by atoms with van der Waals surface area (Å²) in [5.74, 6) is -2.67. The van der Waals surface area contributed by atoms with Crippen molar-refractivity contribution < 1.29 is 18.8 Å². The third-order valence-electron chi connectivity index (χ3n) is 4.88. The second-order valence-corrected chi connectivity index (χ2v) is 7.19. The lowest BCUT2D eigenvalue weighted by Crippen LogP contribution is -2.33. The van der Waals surface area contributed by atoms with Gasteiger partial charge in [-0.1, -0.05) is 29.8 Å². The molecule has 1 amide bonds. The molecule has 1 aliphatic rings. The van der Waals surface area contributed by atoms with E-state index >= 15 is 0 Å². The number of Topliss-reactive ketones (excluding diaryl/α,β-unsaturated/α-hetero) is 2. The van der Waals surface area contributed by atoms with E-state index < -0.39 is 29.4 Å². The number of rotatable bonds is 7. The van der Waals surface area contributed by atoms with Gasteiger partial charge in [0.1, 0.15) is 5.92 Å². The fraction of sp³-hybridized carbons (Fsp3) is 0.381. The average molecular weight is 368 g/mol. The Morgan fingerprint density at radius 1 is 1.15 bits per heavy atom. The summed E-state index contributed by atoms with van der Waals surface area (Å²) in [6.07, 6.45) is 2.11. The van der Waals surface area contributed by atoms with Crippen LogP contribution in [-0.2, 0) is 9.59 Å². The second-order valence-electron chi connectivity index (χ2n) is 7.19. The normalized spacial score (nSPS) is 19.9. The van der Waals surface area contributed by atoms with Crippen LogP contribution < -0.4 is 0 Å². The number of benzene rings is 1. The molecule has 2 heterocycles. The lowest BCUT2D eigenvalue weighted by molar-refractivity contribution is -0.140. The van der Waals surface area contributed by atoms with Gasteiger partial charge in [0.15, 0.2) is 5.76 Å². The Labute approximate surface area is 158 Å². The summed E-state index contributed by atoms with van der Waals surface area (Å²) in [5.41, 5.74) is 1.86. The van der Waals surface area contributed by atoms with Crippen molar-refractivity contribution in [2.75, 3.05) is 27.2 Å². The molecule has 0 saturated carbocycles. The van der Waals surface area contributed by atoms with Crippen molar-refractivity contribution in [2.24, 2.45) is 5.92 Å². The summed E-state index contributed by atoms with van der Waals surface area (Å²) in [6.45, 7) is 3.17. The fourth-order valence-corrected chi connectivity index (χ4v) is 3.49. The van der Waals surface area contributed by atoms with Gasteiger partial charge < -0.3 is 14.2 Å². The number of nitrogens with zero attached hydrogens (tertiary/aromatic N) is 2. The van der Waals surface area contributed by atoms with E-state index in [0.717, 1.165) is 24.1 Å². The third-order valence-corrected chi connectivity index (χ3v) is 4.88. The number of amides is 1. The molecule has 0 radical (unpaired) electrons. The number of ketones is 2. The Morgan fingerprint density at radius 3 is 2.44 bits per heavy atom. The Kier molecular flexibility index (Phi) is 5.56. The van der Waals surface area contributed by atoms with Crippen LogP contribution in [0.25, 0.3) is 0 Å². The maximum absolute atomic E-state index is 12.9. The number of carbonyl (C=O) groups excluding carboxylic acids is 3. The molecule has 0 aliphatic carbocycles. The van der Waals surface area contributed by atoms with Gasteiger partial charge in [-0.25, -0.2) is 0 Å². The lowest BCUT2D eigenvalue weighted by Gasteiger charge is -2.27. The van der Waals surface area contributed by atoms with E-state index in [2.05, 4.69) is 0 Å². The van der Waals surface area contributed by atoms with E-state index in [1.807, 2.05) is 50.2 Å². The first-order valence-corrected chi connectivity index (χ1v) is 9.04. The molecule has 1 aliphatic heterocycles. The molecule has 6 nitrogen and oxygen atoms in total. The molecule has 6 heteroatoms. The van der Waals surface area contributed by atoms with E-state index in [0.29, 0.717) is 6.54 Å². The van der Waals surface area contributed by atoms with Gasteiger partial charge in [-0.3, -0.25) is 14.4 Å². The number of carbonyl (C=O) groups is 3. The van der Waals surface area contributed by atoms with Crippen molar-refractivity contribution in [3.8, 4) is 0 Å². The van der Waals surface area contributed by atoms with Crippen molar-refractivity contribution in [3.63, 3.8) is 0 Å². The molecular weight excluding hydrogens is 344 g/mol. The first kappa shape index (κ1) is 19.0. The molecule has 0 bridgehead atoms. The lowest BCUT2D eigenvalue weighted by atomic mass is 9.88. The van der Waals surface area contributed by atoms with E-state index in [-0.39, 0.29) is 5.76 Å². The van der Waals surface area contributed by atoms with Gasteiger partial charge in [0.05, 0.1) is 12.3 Å². The van der Waals surface area contributed by atoms with Gasteiger partial charge in [0.25, 0.3) is 5.91 Å². The van der Waals surface area contributed by atoms with Gasteiger partial charge in [0.2, 0.25) is 11.6 Å². The highest BCUT2D eigenvalue weighted by atomic mass is 16.3. The summed E-state index contributed by atoms with van der Waals surface area (Å²) in [5, 5.41) is 0. The number of hydrogen-bond acceptors (Lipinski definition) is 5. The SMILES string of the molecule is Cc1ccc(C2C(C(=O)c3ccco3)C(=O)C(=O)N2CCCN(C)C)cc1. The molecule has 0 N–H and O–H groups in total. The van der Waals surface area contributed by atoms with Gasteiger partial charge in [-0.2, -0.15) is 0 Å². The maximum Gasteiger partial charge on any atom is 0.291 e. The minimum absolute atomic E-state index is 0.105. The van der Waals surface area contributed by atoms with Crippen molar-refractivity contribution in [2.45, 2.75) is 19.4 Å². The predicted octanol–water partition coefficient (Wildman–Crippen LogP) is 2.49. The standard InChI is InChI=1S/C21H24N2O4/c1-14-7-9-15(10-8-14)18-17(19(24)16-6-4-13-27-16)20(25)21(26)23(18)12-5-11-22(2)3/h4,6-10,13,17-18H,5,11-12H2,1-3H3. The molecule has 2 aromatic rings. The molecule has 2 atom stereocenters. The average Bonchev–Trinajstić information content (AvgIpc) is 3.25. The van der Waals surface area contributed by atoms with Gasteiger partial charge in [-0.05, 0) is 51.7 Å².